The number of nitrogens with one attached hydrogen (secondary N) is 1. The van der Waals surface area contributed by atoms with E-state index in [9.17, 15) is 9.59 Å². The van der Waals surface area contributed by atoms with E-state index in [1.807, 2.05) is 30.3 Å². The first-order chi connectivity index (χ1) is 16.0. The minimum Gasteiger partial charge on any atom is -0.495 e. The fourth-order valence-corrected chi connectivity index (χ4v) is 4.71. The van der Waals surface area contributed by atoms with Crippen LogP contribution in [0.3, 0.4) is 0 Å². The number of carbonyl (C=O) groups is 2. The van der Waals surface area contributed by atoms with E-state index in [0.717, 1.165) is 48.9 Å². The van der Waals surface area contributed by atoms with E-state index in [2.05, 4.69) is 23.1 Å². The molecule has 0 radical (unpaired) electrons. The van der Waals surface area contributed by atoms with Gasteiger partial charge in [-0.3, -0.25) is 14.6 Å². The van der Waals surface area contributed by atoms with Gasteiger partial charge in [0.2, 0.25) is 0 Å². The van der Waals surface area contributed by atoms with Gasteiger partial charge in [-0.25, -0.2) is 0 Å². The molecule has 0 spiro atoms. The van der Waals surface area contributed by atoms with Gasteiger partial charge in [-0.15, -0.1) is 6.42 Å². The second-order valence-corrected chi connectivity index (χ2v) is 8.90. The first-order valence-corrected chi connectivity index (χ1v) is 11.8. The summed E-state index contributed by atoms with van der Waals surface area (Å²) in [6.07, 6.45) is 14.1. The molecular weight excluding hydrogens is 414 g/mol. The molecule has 1 N–H and O–H groups in total. The maximum Gasteiger partial charge on any atom is 0.299 e. The Morgan fingerprint density at radius 2 is 2.03 bits per heavy atom. The van der Waals surface area contributed by atoms with Crippen molar-refractivity contribution < 1.29 is 14.3 Å². The molecule has 2 aromatic rings. The number of unbranched alkanes of at least 4 members (excludes halogenated alkanes) is 1. The molecule has 2 heterocycles. The van der Waals surface area contributed by atoms with Crippen molar-refractivity contribution in [1.82, 2.24) is 15.2 Å². The third kappa shape index (κ3) is 4.73. The molecular formula is C27H31N3O3. The topological polar surface area (TPSA) is 71.5 Å². The van der Waals surface area contributed by atoms with Crippen molar-refractivity contribution >= 4 is 11.8 Å². The third-order valence-electron chi connectivity index (χ3n) is 6.78. The minimum atomic E-state index is -0.409. The summed E-state index contributed by atoms with van der Waals surface area (Å²) in [7, 11) is 1.62. The molecule has 0 unspecified atom stereocenters. The van der Waals surface area contributed by atoms with E-state index in [1.54, 1.807) is 18.2 Å². The fraction of sp³-hybridized carbons (Fsp3) is 0.444. The van der Waals surface area contributed by atoms with Crippen molar-refractivity contribution in [2.24, 2.45) is 0 Å². The fourth-order valence-electron chi connectivity index (χ4n) is 4.71. The first-order valence-electron chi connectivity index (χ1n) is 11.8. The molecule has 172 valence electrons. The molecule has 2 atom stereocenters. The minimum absolute atomic E-state index is 0.0264. The second kappa shape index (κ2) is 10.1. The van der Waals surface area contributed by atoms with Gasteiger partial charge in [-0.2, -0.15) is 0 Å². The summed E-state index contributed by atoms with van der Waals surface area (Å²) in [6.45, 7) is 2.14. The Morgan fingerprint density at radius 1 is 1.27 bits per heavy atom. The predicted molar refractivity (Wildman–Crippen MR) is 127 cm³/mol. The number of carbonyl (C=O) groups excluding carboxylic acids is 2. The summed E-state index contributed by atoms with van der Waals surface area (Å²) in [5.41, 5.74) is 3.37. The van der Waals surface area contributed by atoms with Crippen molar-refractivity contribution in [3.63, 3.8) is 0 Å². The lowest BCUT2D eigenvalue weighted by Gasteiger charge is -2.42. The molecule has 4 rings (SSSR count). The molecule has 6 heteroatoms. The number of aromatic nitrogens is 1. The number of rotatable bonds is 7. The summed E-state index contributed by atoms with van der Waals surface area (Å²) in [5, 5.41) is 3.07. The summed E-state index contributed by atoms with van der Waals surface area (Å²) in [4.78, 5) is 32.0. The highest BCUT2D eigenvalue weighted by Crippen LogP contribution is 2.39. The van der Waals surface area contributed by atoms with Crippen molar-refractivity contribution in [1.29, 1.82) is 0 Å². The van der Waals surface area contributed by atoms with Crippen LogP contribution in [0, 0.1) is 12.3 Å². The van der Waals surface area contributed by atoms with Crippen molar-refractivity contribution in [3.05, 3.63) is 58.9 Å². The highest BCUT2D eigenvalue weighted by atomic mass is 16.5. The maximum absolute atomic E-state index is 13.0. The molecule has 1 aromatic carbocycles. The summed E-state index contributed by atoms with van der Waals surface area (Å²) in [5.74, 6) is 2.63. The third-order valence-corrected chi connectivity index (χ3v) is 6.78. The van der Waals surface area contributed by atoms with Gasteiger partial charge in [0, 0.05) is 17.6 Å². The number of amides is 2. The molecule has 1 fully saturated rings. The van der Waals surface area contributed by atoms with Gasteiger partial charge in [-0.05, 0) is 67.4 Å². The molecule has 2 aliphatic rings. The van der Waals surface area contributed by atoms with Crippen LogP contribution in [0.1, 0.15) is 78.7 Å². The van der Waals surface area contributed by atoms with Crippen LogP contribution in [-0.2, 0) is 11.2 Å². The van der Waals surface area contributed by atoms with Crippen molar-refractivity contribution in [3.8, 4) is 18.1 Å². The van der Waals surface area contributed by atoms with Gasteiger partial charge in [-0.1, -0.05) is 31.9 Å². The molecule has 1 aromatic heterocycles. The SMILES string of the molecule is C#CC(=O)N1[C@@H](CCCC)Cc2cc(OC)cnc2[C@@H]1c1ccc(C(=O)NC2CCC2)cc1. The van der Waals surface area contributed by atoms with Crippen LogP contribution in [-0.4, -0.2) is 40.9 Å². The van der Waals surface area contributed by atoms with Crippen molar-refractivity contribution in [2.45, 2.75) is 70.0 Å². The van der Waals surface area contributed by atoms with Crippen LogP contribution in [0.2, 0.25) is 0 Å². The number of nitrogens with zero attached hydrogens (tertiary/aromatic N) is 2. The van der Waals surface area contributed by atoms with Gasteiger partial charge in [0.25, 0.3) is 11.8 Å². The second-order valence-electron chi connectivity index (χ2n) is 8.90. The Labute approximate surface area is 195 Å². The van der Waals surface area contributed by atoms with Crippen LogP contribution >= 0.6 is 0 Å². The average Bonchev–Trinajstić information content (AvgIpc) is 2.83. The number of hydrogen-bond acceptors (Lipinski definition) is 4. The number of methoxy groups -OCH3 is 1. The Hall–Kier alpha value is -3.33. The molecule has 1 aliphatic heterocycles. The van der Waals surface area contributed by atoms with Crippen LogP contribution < -0.4 is 10.1 Å². The molecule has 1 aliphatic carbocycles. The number of ether oxygens (including phenoxy) is 1. The van der Waals surface area contributed by atoms with E-state index in [0.29, 0.717) is 17.7 Å². The zero-order valence-corrected chi connectivity index (χ0v) is 19.3. The van der Waals surface area contributed by atoms with E-state index >= 15 is 0 Å². The molecule has 0 saturated heterocycles. The highest BCUT2D eigenvalue weighted by molar-refractivity contribution is 5.95. The quantitative estimate of drug-likeness (QED) is 0.653. The molecule has 1 saturated carbocycles. The highest BCUT2D eigenvalue weighted by Gasteiger charge is 2.39. The lowest BCUT2D eigenvalue weighted by atomic mass is 9.85. The number of fused-ring (bicyclic) bond motifs is 1. The molecule has 6 nitrogen and oxygen atoms in total. The van der Waals surface area contributed by atoms with Gasteiger partial charge >= 0.3 is 0 Å². The van der Waals surface area contributed by atoms with Crippen LogP contribution in [0.15, 0.2) is 36.5 Å². The van der Waals surface area contributed by atoms with Crippen LogP contribution in [0.5, 0.6) is 5.75 Å². The number of benzene rings is 1. The summed E-state index contributed by atoms with van der Waals surface area (Å²) in [6, 6.07) is 9.32. The lowest BCUT2D eigenvalue weighted by molar-refractivity contribution is -0.130. The largest absolute Gasteiger partial charge is 0.495 e. The molecule has 2 amide bonds. The summed E-state index contributed by atoms with van der Waals surface area (Å²) >= 11 is 0. The number of pyridine rings is 1. The number of terminal acetylenes is 1. The van der Waals surface area contributed by atoms with Crippen LogP contribution in [0.25, 0.3) is 0 Å². The first kappa shape index (κ1) is 22.8. The molecule has 33 heavy (non-hydrogen) atoms. The van der Waals surface area contributed by atoms with Crippen LogP contribution in [0.4, 0.5) is 0 Å². The Kier molecular flexibility index (Phi) is 6.98. The van der Waals surface area contributed by atoms with E-state index in [-0.39, 0.29) is 23.9 Å². The smallest absolute Gasteiger partial charge is 0.299 e. The average molecular weight is 446 g/mol. The van der Waals surface area contributed by atoms with Gasteiger partial charge in [0.05, 0.1) is 19.0 Å². The van der Waals surface area contributed by atoms with E-state index in [1.165, 1.54) is 6.42 Å². The van der Waals surface area contributed by atoms with Gasteiger partial charge in [0.1, 0.15) is 11.8 Å². The van der Waals surface area contributed by atoms with Crippen molar-refractivity contribution in [2.75, 3.05) is 7.11 Å². The maximum atomic E-state index is 13.0. The van der Waals surface area contributed by atoms with Gasteiger partial charge < -0.3 is 15.0 Å². The Bertz CT molecular complexity index is 1050. The Morgan fingerprint density at radius 3 is 2.64 bits per heavy atom. The van der Waals surface area contributed by atoms with Gasteiger partial charge in [0.15, 0.2) is 0 Å². The zero-order valence-electron chi connectivity index (χ0n) is 19.3. The monoisotopic (exact) mass is 445 g/mol. The number of hydrogen-bond donors (Lipinski definition) is 1. The predicted octanol–water partition coefficient (Wildman–Crippen LogP) is 4.04. The Balaban J connectivity index is 1.71. The summed E-state index contributed by atoms with van der Waals surface area (Å²) < 4.78 is 5.40. The van der Waals surface area contributed by atoms with E-state index < -0.39 is 6.04 Å². The molecule has 0 bridgehead atoms. The lowest BCUT2D eigenvalue weighted by Crippen LogP contribution is -2.47. The zero-order chi connectivity index (χ0) is 23.4. The normalized spacial score (nSPS) is 19.7. The van der Waals surface area contributed by atoms with E-state index in [4.69, 9.17) is 11.2 Å². The standard InChI is InChI=1S/C27H31N3O3/c1-4-6-10-22-15-20-16-23(33-3)17-28-25(20)26(30(22)24(31)5-2)18-11-13-19(14-12-18)27(32)29-21-8-7-9-21/h2,11-14,16-17,21-22,26H,4,6-10,15H2,1,3H3,(H,29,32)/t22-,26-/m0/s1.